The van der Waals surface area contributed by atoms with E-state index in [4.69, 9.17) is 56.2 Å². The van der Waals surface area contributed by atoms with Crippen molar-refractivity contribution in [2.75, 3.05) is 39.6 Å². The van der Waals surface area contributed by atoms with Gasteiger partial charge in [0.1, 0.15) is 38.1 Å². The van der Waals surface area contributed by atoms with Gasteiger partial charge in [-0.3, -0.25) is 28.0 Å². The minimum absolute atomic E-state index is 0.180. The zero-order valence-corrected chi connectivity index (χ0v) is 52.1. The van der Waals surface area contributed by atoms with Crippen molar-refractivity contribution in [3.8, 4) is 0 Å². The molecular weight excluding hydrogens is 1090 g/mol. The van der Waals surface area contributed by atoms with E-state index >= 15 is 0 Å². The van der Waals surface area contributed by atoms with Crippen LogP contribution in [0.4, 0.5) is 0 Å². The number of phosphoric ester groups is 1. The molecule has 6 unspecified atom stereocenters. The van der Waals surface area contributed by atoms with Gasteiger partial charge in [-0.05, 0) is 57.8 Å². The Hall–Kier alpha value is -1.84. The largest absolute Gasteiger partial charge is 0.475 e. The van der Waals surface area contributed by atoms with Gasteiger partial charge in [-0.2, -0.15) is 0 Å². The molecule has 0 aromatic rings. The van der Waals surface area contributed by atoms with Gasteiger partial charge in [0.25, 0.3) is 0 Å². The van der Waals surface area contributed by atoms with Crippen molar-refractivity contribution >= 4 is 25.7 Å². The van der Waals surface area contributed by atoms with E-state index in [1.54, 1.807) is 0 Å². The summed E-state index contributed by atoms with van der Waals surface area (Å²) in [6.07, 6.45) is 35.4. The number of aliphatic hydroxyl groups excluding tert-OH is 3. The molecule has 0 spiro atoms. The van der Waals surface area contributed by atoms with Gasteiger partial charge < -0.3 is 58.0 Å². The van der Waals surface area contributed by atoms with E-state index in [1.807, 2.05) is 0 Å². The Kier molecular flexibility index (Phi) is 33.8. The standard InChI is InChI=1S/C63H111O19P/c1-4-7-19-28-49-55(77-49)37-58-52(80-58)31-22-13-10-16-25-34-61(67)71-40-46(64)43-74-83(70,75-44-47(65)41-72-62(68)35-26-17-11-14-23-32-53-59(81-53)38-56-50(78-56)29-20-8-5-2)76-45-48(66)42-73-63(69)36-27-18-12-15-24-33-54-60(82-54)39-57-51(79-57)30-21-9-6-3/h46-60,64-66H,4-45H2,1-3H3/t46-,47-,48-,49+,50+,51+,52?,53?,54?,55?,56?,57?,58-,59-,60-,83?/m0/s1. The molecule has 20 heteroatoms. The number of carbonyl (C=O) groups is 3. The second kappa shape index (κ2) is 39.9. The SMILES string of the molecule is CCCCC[C@H]1OC1C[C@@H]1OC1CCCCCCCC(=O)OC[C@H](O)COP(=O)(OC[C@@H](O)COC(=O)CCCCCCCC1O[C@H]1CC1O[C@@H]1CCCCC)OC[C@@H](O)COC(=O)CCCCCCCC1O[C@H]1CC1O[C@@H]1CCCCC. The topological polar surface area (TPSA) is 260 Å². The van der Waals surface area contributed by atoms with E-state index in [2.05, 4.69) is 20.8 Å². The third kappa shape index (κ3) is 31.8. The molecule has 15 atom stereocenters. The predicted molar refractivity (Wildman–Crippen MR) is 312 cm³/mol. The van der Waals surface area contributed by atoms with Gasteiger partial charge in [0.15, 0.2) is 0 Å². The Morgan fingerprint density at radius 1 is 0.325 bits per heavy atom. The Morgan fingerprint density at radius 2 is 0.542 bits per heavy atom. The van der Waals surface area contributed by atoms with Gasteiger partial charge in [-0.1, -0.05) is 156 Å². The van der Waals surface area contributed by atoms with Crippen molar-refractivity contribution in [3.63, 3.8) is 0 Å². The van der Waals surface area contributed by atoms with E-state index in [1.165, 1.54) is 57.8 Å². The molecule has 0 saturated carbocycles. The zero-order chi connectivity index (χ0) is 59.1. The van der Waals surface area contributed by atoms with Crippen LogP contribution in [0, 0.1) is 0 Å². The Bertz CT molecular complexity index is 1630. The van der Waals surface area contributed by atoms with Crippen LogP contribution in [0.15, 0.2) is 0 Å². The average molecular weight is 1200 g/mol. The summed E-state index contributed by atoms with van der Waals surface area (Å²) < 4.78 is 80.8. The minimum atomic E-state index is -4.61. The van der Waals surface area contributed by atoms with Crippen LogP contribution in [0.1, 0.15) is 252 Å². The van der Waals surface area contributed by atoms with Crippen molar-refractivity contribution in [1.82, 2.24) is 0 Å². The summed E-state index contributed by atoms with van der Waals surface area (Å²) in [7, 11) is -4.61. The van der Waals surface area contributed by atoms with Crippen molar-refractivity contribution in [2.45, 2.75) is 343 Å². The smallest absolute Gasteiger partial charge is 0.463 e. The highest BCUT2D eigenvalue weighted by molar-refractivity contribution is 7.48. The van der Waals surface area contributed by atoms with E-state index in [-0.39, 0.29) is 19.3 Å². The summed E-state index contributed by atoms with van der Waals surface area (Å²) in [5, 5.41) is 31.9. The van der Waals surface area contributed by atoms with Gasteiger partial charge in [-0.25, -0.2) is 4.57 Å². The quantitative estimate of drug-likeness (QED) is 0.0168. The number of carbonyl (C=O) groups excluding carboxylic acids is 3. The summed E-state index contributed by atoms with van der Waals surface area (Å²) in [5.41, 5.74) is 0. The number of aliphatic hydroxyl groups is 3. The number of phosphoric acid groups is 1. The molecule has 3 N–H and O–H groups in total. The van der Waals surface area contributed by atoms with Crippen LogP contribution in [0.5, 0.6) is 0 Å². The lowest BCUT2D eigenvalue weighted by atomic mass is 10.0. The van der Waals surface area contributed by atoms with Gasteiger partial charge >= 0.3 is 25.7 Å². The van der Waals surface area contributed by atoms with Gasteiger partial charge in [0, 0.05) is 38.5 Å². The number of esters is 3. The number of unbranched alkanes of at least 4 members (excludes halogenated alkanes) is 18. The molecule has 19 nitrogen and oxygen atoms in total. The van der Waals surface area contributed by atoms with Crippen LogP contribution >= 0.6 is 7.82 Å². The molecular formula is C63H111O19P. The van der Waals surface area contributed by atoms with Crippen molar-refractivity contribution in [2.24, 2.45) is 0 Å². The van der Waals surface area contributed by atoms with E-state index in [9.17, 15) is 34.3 Å². The summed E-state index contributed by atoms with van der Waals surface area (Å²) in [5.74, 6) is -1.47. The maximum absolute atomic E-state index is 13.8. The monoisotopic (exact) mass is 1200 g/mol. The van der Waals surface area contributed by atoms with Crippen molar-refractivity contribution in [3.05, 3.63) is 0 Å². The van der Waals surface area contributed by atoms with Crippen LogP contribution in [-0.2, 0) is 75.2 Å². The number of ether oxygens (including phenoxy) is 9. The molecule has 0 bridgehead atoms. The highest BCUT2D eigenvalue weighted by atomic mass is 31.2. The first-order chi connectivity index (χ1) is 40.3. The van der Waals surface area contributed by atoms with Gasteiger partial charge in [0.05, 0.1) is 93.1 Å². The lowest BCUT2D eigenvalue weighted by Gasteiger charge is -2.22. The van der Waals surface area contributed by atoms with E-state index < -0.39 is 83.7 Å². The van der Waals surface area contributed by atoms with Crippen LogP contribution in [0.3, 0.4) is 0 Å². The van der Waals surface area contributed by atoms with Gasteiger partial charge in [0.2, 0.25) is 0 Å². The lowest BCUT2D eigenvalue weighted by Crippen LogP contribution is -2.27. The van der Waals surface area contributed by atoms with Gasteiger partial charge in [-0.15, -0.1) is 0 Å². The molecule has 6 aliphatic heterocycles. The van der Waals surface area contributed by atoms with Crippen LogP contribution in [0.25, 0.3) is 0 Å². The number of epoxide rings is 6. The molecule has 0 aliphatic carbocycles. The first kappa shape index (κ1) is 70.2. The summed E-state index contributed by atoms with van der Waals surface area (Å²) in [6.45, 7) is 3.38. The zero-order valence-electron chi connectivity index (χ0n) is 51.2. The third-order valence-corrected chi connectivity index (χ3v) is 18.4. The fourth-order valence-electron chi connectivity index (χ4n) is 11.3. The molecule has 6 rings (SSSR count). The first-order valence-electron chi connectivity index (χ1n) is 33.3. The van der Waals surface area contributed by atoms with Crippen LogP contribution < -0.4 is 0 Å². The molecule has 0 amide bonds. The Morgan fingerprint density at radius 3 is 0.783 bits per heavy atom. The van der Waals surface area contributed by atoms with Crippen LogP contribution in [-0.4, -0.2) is 164 Å². The first-order valence-corrected chi connectivity index (χ1v) is 34.8. The normalized spacial score (nSPS) is 28.2. The Labute approximate surface area is 497 Å². The molecule has 6 saturated heterocycles. The second-order valence-corrected chi connectivity index (χ2v) is 26.4. The number of rotatable bonds is 57. The molecule has 83 heavy (non-hydrogen) atoms. The van der Waals surface area contributed by atoms with E-state index in [0.29, 0.717) is 92.5 Å². The highest BCUT2D eigenvalue weighted by Gasteiger charge is 2.49. The summed E-state index contributed by atoms with van der Waals surface area (Å²) in [4.78, 5) is 37.5. The summed E-state index contributed by atoms with van der Waals surface area (Å²) in [6, 6.07) is 0. The molecule has 482 valence electrons. The minimum Gasteiger partial charge on any atom is -0.463 e. The average Bonchev–Trinajstić information content (AvgIpc) is 3.76. The Balaban J connectivity index is 0.785. The molecule has 0 radical (unpaired) electrons. The van der Waals surface area contributed by atoms with E-state index in [0.717, 1.165) is 135 Å². The fourth-order valence-corrected chi connectivity index (χ4v) is 12.6. The van der Waals surface area contributed by atoms with Crippen molar-refractivity contribution in [1.29, 1.82) is 0 Å². The van der Waals surface area contributed by atoms with Crippen LogP contribution in [0.2, 0.25) is 0 Å². The summed E-state index contributed by atoms with van der Waals surface area (Å²) >= 11 is 0. The highest BCUT2D eigenvalue weighted by Crippen LogP contribution is 2.50. The molecule has 0 aromatic heterocycles. The molecule has 0 aromatic carbocycles. The van der Waals surface area contributed by atoms with Crippen molar-refractivity contribution < 1.29 is 90.5 Å². The predicted octanol–water partition coefficient (Wildman–Crippen LogP) is 11.6. The third-order valence-electron chi connectivity index (χ3n) is 17.0. The molecule has 6 fully saturated rings. The second-order valence-electron chi connectivity index (χ2n) is 24.7. The lowest BCUT2D eigenvalue weighted by molar-refractivity contribution is -0.147. The maximum Gasteiger partial charge on any atom is 0.475 e. The number of hydrogen-bond acceptors (Lipinski definition) is 19. The number of hydrogen-bond donors (Lipinski definition) is 3. The maximum atomic E-state index is 13.8. The fraction of sp³-hybridized carbons (Fsp3) is 0.952. The molecule has 6 aliphatic rings. The molecule has 6 heterocycles.